The lowest BCUT2D eigenvalue weighted by Gasteiger charge is -2.18. The summed E-state index contributed by atoms with van der Waals surface area (Å²) < 4.78 is 17.0. The molecule has 0 heterocycles. The van der Waals surface area contributed by atoms with E-state index in [1.165, 1.54) is 334 Å². The molecule has 6 nitrogen and oxygen atoms in total. The van der Waals surface area contributed by atoms with Crippen LogP contribution in [0.5, 0.6) is 0 Å². The molecule has 0 aromatic rings. The first-order chi connectivity index (χ1) is 40.0. The summed E-state index contributed by atoms with van der Waals surface area (Å²) in [6.07, 6.45) is 85.4. The maximum absolute atomic E-state index is 13.0. The molecule has 81 heavy (non-hydrogen) atoms. The summed E-state index contributed by atoms with van der Waals surface area (Å²) >= 11 is 0. The lowest BCUT2D eigenvalue weighted by Crippen LogP contribution is -2.30. The summed E-state index contributed by atoms with van der Waals surface area (Å²) in [5.74, 6) is -0.829. The zero-order valence-electron chi connectivity index (χ0n) is 55.4. The van der Waals surface area contributed by atoms with Gasteiger partial charge in [0.2, 0.25) is 0 Å². The number of unbranched alkanes of at least 4 members (excludes halogenated alkanes) is 57. The van der Waals surface area contributed by atoms with E-state index in [0.717, 1.165) is 57.8 Å². The highest BCUT2D eigenvalue weighted by molar-refractivity contribution is 5.71. The molecule has 0 aromatic carbocycles. The van der Waals surface area contributed by atoms with E-state index in [9.17, 15) is 14.4 Å². The molecule has 0 saturated heterocycles. The second-order valence-corrected chi connectivity index (χ2v) is 25.6. The van der Waals surface area contributed by atoms with Gasteiger partial charge in [0.15, 0.2) is 6.10 Å². The van der Waals surface area contributed by atoms with Crippen LogP contribution in [0.4, 0.5) is 0 Å². The zero-order chi connectivity index (χ0) is 58.5. The van der Waals surface area contributed by atoms with Gasteiger partial charge >= 0.3 is 17.9 Å². The molecule has 0 fully saturated rings. The van der Waals surface area contributed by atoms with Gasteiger partial charge < -0.3 is 14.2 Å². The normalized spacial score (nSPS) is 12.0. The largest absolute Gasteiger partial charge is 0.462 e. The maximum atomic E-state index is 13.0. The molecular formula is C75H144O6. The van der Waals surface area contributed by atoms with Crippen LogP contribution in [0.1, 0.15) is 432 Å². The Morgan fingerprint density at radius 2 is 0.407 bits per heavy atom. The Balaban J connectivity index is 4.24. The van der Waals surface area contributed by atoms with Crippen LogP contribution >= 0.6 is 0 Å². The van der Waals surface area contributed by atoms with E-state index in [0.29, 0.717) is 19.3 Å². The smallest absolute Gasteiger partial charge is 0.306 e. The molecule has 6 heteroatoms. The lowest BCUT2D eigenvalue weighted by atomic mass is 10.0. The van der Waals surface area contributed by atoms with Gasteiger partial charge in [-0.15, -0.1) is 0 Å². The number of hydrogen-bond acceptors (Lipinski definition) is 6. The molecular weight excluding hydrogens is 997 g/mol. The third kappa shape index (κ3) is 68.8. The van der Waals surface area contributed by atoms with Crippen LogP contribution in [0.25, 0.3) is 0 Å². The maximum Gasteiger partial charge on any atom is 0.306 e. The van der Waals surface area contributed by atoms with Crippen molar-refractivity contribution < 1.29 is 28.6 Å². The first-order valence-corrected chi connectivity index (χ1v) is 37.2. The number of ether oxygens (including phenoxy) is 3. The molecule has 0 N–H and O–H groups in total. The predicted molar refractivity (Wildman–Crippen MR) is 353 cm³/mol. The molecule has 0 aliphatic rings. The summed E-state index contributed by atoms with van der Waals surface area (Å²) in [6, 6.07) is 0. The Labute approximate surface area is 507 Å². The number of hydrogen-bond donors (Lipinski definition) is 0. The highest BCUT2D eigenvalue weighted by Gasteiger charge is 2.20. The van der Waals surface area contributed by atoms with Gasteiger partial charge in [0.25, 0.3) is 0 Å². The zero-order valence-corrected chi connectivity index (χ0v) is 55.4. The first-order valence-electron chi connectivity index (χ1n) is 37.2. The lowest BCUT2D eigenvalue weighted by molar-refractivity contribution is -0.167. The fourth-order valence-corrected chi connectivity index (χ4v) is 11.7. The Hall–Kier alpha value is -1.85. The van der Waals surface area contributed by atoms with E-state index in [-0.39, 0.29) is 31.1 Å². The monoisotopic (exact) mass is 1140 g/mol. The number of allylic oxidation sites excluding steroid dienone is 2. The van der Waals surface area contributed by atoms with E-state index in [1.54, 1.807) is 0 Å². The van der Waals surface area contributed by atoms with Gasteiger partial charge in [-0.25, -0.2) is 0 Å². The van der Waals surface area contributed by atoms with Crippen LogP contribution in [0, 0.1) is 0 Å². The van der Waals surface area contributed by atoms with Gasteiger partial charge in [-0.1, -0.05) is 380 Å². The number of carbonyl (C=O) groups is 3. The van der Waals surface area contributed by atoms with Crippen molar-refractivity contribution >= 4 is 17.9 Å². The Morgan fingerprint density at radius 1 is 0.235 bits per heavy atom. The molecule has 0 rings (SSSR count). The number of esters is 3. The van der Waals surface area contributed by atoms with Crippen molar-refractivity contribution in [1.29, 1.82) is 0 Å². The molecule has 0 aliphatic heterocycles. The van der Waals surface area contributed by atoms with Crippen LogP contribution in [-0.2, 0) is 28.6 Å². The van der Waals surface area contributed by atoms with Gasteiger partial charge in [-0.3, -0.25) is 14.4 Å². The Kier molecular flexibility index (Phi) is 69.0. The van der Waals surface area contributed by atoms with Crippen molar-refractivity contribution in [1.82, 2.24) is 0 Å². The molecule has 0 radical (unpaired) electrons. The summed E-state index contributed by atoms with van der Waals surface area (Å²) in [7, 11) is 0. The van der Waals surface area contributed by atoms with Crippen molar-refractivity contribution in [2.45, 2.75) is 438 Å². The molecule has 0 aromatic heterocycles. The quantitative estimate of drug-likeness (QED) is 0.0261. The van der Waals surface area contributed by atoms with Crippen LogP contribution < -0.4 is 0 Å². The van der Waals surface area contributed by atoms with Crippen molar-refractivity contribution in [2.75, 3.05) is 13.2 Å². The first kappa shape index (κ1) is 79.2. The summed E-state index contributed by atoms with van der Waals surface area (Å²) in [5.41, 5.74) is 0. The van der Waals surface area contributed by atoms with Crippen molar-refractivity contribution in [3.8, 4) is 0 Å². The van der Waals surface area contributed by atoms with Gasteiger partial charge in [0.05, 0.1) is 0 Å². The van der Waals surface area contributed by atoms with Gasteiger partial charge in [0.1, 0.15) is 13.2 Å². The SMILES string of the molecule is CCCCCCCC/C=C\CCCCCCCCCC(=O)OCC(COC(=O)CCCCCCCCCCCCCCCCCCCCCCCCCCCC)OC(=O)CCCCCCCCCCCCCCCCCCCCCC. The van der Waals surface area contributed by atoms with Gasteiger partial charge in [-0.2, -0.15) is 0 Å². The van der Waals surface area contributed by atoms with Crippen molar-refractivity contribution in [2.24, 2.45) is 0 Å². The minimum Gasteiger partial charge on any atom is -0.462 e. The van der Waals surface area contributed by atoms with E-state index >= 15 is 0 Å². The topological polar surface area (TPSA) is 78.9 Å². The summed E-state index contributed by atoms with van der Waals surface area (Å²) in [4.78, 5) is 38.5. The molecule has 0 spiro atoms. The minimum atomic E-state index is -0.769. The van der Waals surface area contributed by atoms with Crippen LogP contribution in [0.15, 0.2) is 12.2 Å². The van der Waals surface area contributed by atoms with Crippen LogP contribution in [0.3, 0.4) is 0 Å². The van der Waals surface area contributed by atoms with Crippen LogP contribution in [0.2, 0.25) is 0 Å². The molecule has 480 valence electrons. The fourth-order valence-electron chi connectivity index (χ4n) is 11.7. The summed E-state index contributed by atoms with van der Waals surface area (Å²) in [5, 5.41) is 0. The molecule has 0 bridgehead atoms. The minimum absolute atomic E-state index is 0.0640. The molecule has 0 amide bonds. The Bertz CT molecular complexity index is 1260. The molecule has 0 aliphatic carbocycles. The van der Waals surface area contributed by atoms with E-state index in [4.69, 9.17) is 14.2 Å². The standard InChI is InChI=1S/C75H144O6/c1-4-7-10-13-16-19-22-25-28-31-33-35-36-37-38-39-40-42-44-47-50-53-56-59-62-65-68-74(77)80-71-72(70-79-73(76)67-64-61-58-55-52-49-46-43-30-27-24-21-18-15-12-9-6-3)81-75(78)69-66-63-60-57-54-51-48-45-41-34-32-29-26-23-20-17-14-11-8-5-2/h27,30,72H,4-26,28-29,31-71H2,1-3H3/b30-27-. The van der Waals surface area contributed by atoms with Crippen molar-refractivity contribution in [3.63, 3.8) is 0 Å². The highest BCUT2D eigenvalue weighted by atomic mass is 16.6. The van der Waals surface area contributed by atoms with E-state index < -0.39 is 6.10 Å². The molecule has 0 saturated carbocycles. The van der Waals surface area contributed by atoms with E-state index in [1.807, 2.05) is 0 Å². The second kappa shape index (κ2) is 70.6. The van der Waals surface area contributed by atoms with Crippen LogP contribution in [-0.4, -0.2) is 37.2 Å². The number of carbonyl (C=O) groups excluding carboxylic acids is 3. The number of rotatable bonds is 70. The molecule has 1 unspecified atom stereocenters. The van der Waals surface area contributed by atoms with Gasteiger partial charge in [0, 0.05) is 19.3 Å². The highest BCUT2D eigenvalue weighted by Crippen LogP contribution is 2.20. The average Bonchev–Trinajstić information content (AvgIpc) is 3.47. The third-order valence-corrected chi connectivity index (χ3v) is 17.3. The van der Waals surface area contributed by atoms with Crippen molar-refractivity contribution in [3.05, 3.63) is 12.2 Å². The van der Waals surface area contributed by atoms with Gasteiger partial charge in [-0.05, 0) is 44.9 Å². The van der Waals surface area contributed by atoms with E-state index in [2.05, 4.69) is 32.9 Å². The fraction of sp³-hybridized carbons (Fsp3) is 0.933. The summed E-state index contributed by atoms with van der Waals surface area (Å²) in [6.45, 7) is 6.74. The average molecular weight is 1140 g/mol. The predicted octanol–water partition coefficient (Wildman–Crippen LogP) is 25.6. The third-order valence-electron chi connectivity index (χ3n) is 17.3. The molecule has 1 atom stereocenters. The Morgan fingerprint density at radius 3 is 0.617 bits per heavy atom. The second-order valence-electron chi connectivity index (χ2n) is 25.6.